The highest BCUT2D eigenvalue weighted by Gasteiger charge is 2.36. The van der Waals surface area contributed by atoms with Crippen LogP contribution in [0.4, 0.5) is 5.69 Å². The van der Waals surface area contributed by atoms with Gasteiger partial charge in [0.25, 0.3) is 11.5 Å². The van der Waals surface area contributed by atoms with E-state index < -0.39 is 0 Å². The third kappa shape index (κ3) is 6.88. The van der Waals surface area contributed by atoms with Gasteiger partial charge in [0.1, 0.15) is 17.6 Å². The van der Waals surface area contributed by atoms with E-state index in [1.165, 1.54) is 7.11 Å². The predicted octanol–water partition coefficient (Wildman–Crippen LogP) is 3.44. The fraction of sp³-hybridized carbons (Fsp3) is 0.613. The van der Waals surface area contributed by atoms with Gasteiger partial charge in [-0.2, -0.15) is 0 Å². The zero-order chi connectivity index (χ0) is 29.8. The number of piperazine rings is 1. The highest BCUT2D eigenvalue weighted by atomic mass is 35.5. The molecule has 0 atom stereocenters. The molecule has 5 rings (SSSR count). The molecule has 1 amide bonds. The third-order valence-corrected chi connectivity index (χ3v) is 9.25. The Morgan fingerprint density at radius 3 is 2.55 bits per heavy atom. The number of aromatic nitrogens is 1. The maximum Gasteiger partial charge on any atom is 0.256 e. The summed E-state index contributed by atoms with van der Waals surface area (Å²) in [4.78, 5) is 36.2. The van der Waals surface area contributed by atoms with Crippen molar-refractivity contribution in [2.24, 2.45) is 0 Å². The molecule has 2 aliphatic heterocycles. The van der Waals surface area contributed by atoms with Crippen LogP contribution in [-0.4, -0.2) is 99.0 Å². The minimum absolute atomic E-state index is 0.00114. The van der Waals surface area contributed by atoms with E-state index in [2.05, 4.69) is 39.0 Å². The van der Waals surface area contributed by atoms with Crippen LogP contribution in [0.15, 0.2) is 23.0 Å². The van der Waals surface area contributed by atoms with Crippen molar-refractivity contribution in [2.75, 3.05) is 65.0 Å². The summed E-state index contributed by atoms with van der Waals surface area (Å²) < 4.78 is 17.5. The van der Waals surface area contributed by atoms with Crippen molar-refractivity contribution in [1.82, 2.24) is 20.1 Å². The first-order chi connectivity index (χ1) is 20.3. The predicted molar refractivity (Wildman–Crippen MR) is 164 cm³/mol. The summed E-state index contributed by atoms with van der Waals surface area (Å²) in [6, 6.07) is 6.25. The average molecular weight is 602 g/mol. The van der Waals surface area contributed by atoms with Crippen molar-refractivity contribution in [3.8, 4) is 11.5 Å². The van der Waals surface area contributed by atoms with E-state index in [-0.39, 0.29) is 30.2 Å². The molecule has 3 heterocycles. The Bertz CT molecular complexity index is 1300. The number of hydrogen-bond acceptors (Lipinski definition) is 8. The Morgan fingerprint density at radius 1 is 1.17 bits per heavy atom. The van der Waals surface area contributed by atoms with Crippen LogP contribution >= 0.6 is 11.6 Å². The number of carbonyl (C=O) groups excluding carboxylic acids is 1. The number of ether oxygens (including phenoxy) is 3. The number of carbonyl (C=O) groups is 1. The molecule has 1 aromatic heterocycles. The third-order valence-electron chi connectivity index (χ3n) is 8.86. The van der Waals surface area contributed by atoms with Crippen LogP contribution in [0.3, 0.4) is 0 Å². The molecule has 2 N–H and O–H groups in total. The van der Waals surface area contributed by atoms with Crippen LogP contribution < -0.4 is 25.2 Å². The molecule has 2 aromatic rings. The summed E-state index contributed by atoms with van der Waals surface area (Å²) in [5.41, 5.74) is 1.85. The van der Waals surface area contributed by atoms with Crippen molar-refractivity contribution < 1.29 is 19.0 Å². The molecule has 3 fully saturated rings. The van der Waals surface area contributed by atoms with Crippen LogP contribution in [0, 0.1) is 6.92 Å². The molecule has 230 valence electrons. The largest absolute Gasteiger partial charge is 0.496 e. The minimum Gasteiger partial charge on any atom is -0.496 e. The van der Waals surface area contributed by atoms with Gasteiger partial charge in [-0.3, -0.25) is 14.5 Å². The maximum atomic E-state index is 13.6. The number of nitrogens with one attached hydrogen (secondary N) is 2. The van der Waals surface area contributed by atoms with Crippen LogP contribution in [0.1, 0.15) is 54.2 Å². The van der Waals surface area contributed by atoms with Crippen molar-refractivity contribution in [3.05, 3.63) is 50.4 Å². The number of halogens is 1. The number of aromatic amines is 1. The monoisotopic (exact) mass is 601 g/mol. The quantitative estimate of drug-likeness (QED) is 0.427. The number of hydrogen-bond donors (Lipinski definition) is 2. The van der Waals surface area contributed by atoms with Crippen molar-refractivity contribution in [1.29, 1.82) is 0 Å². The van der Waals surface area contributed by atoms with Crippen LogP contribution in [0.2, 0.25) is 5.02 Å². The van der Waals surface area contributed by atoms with Gasteiger partial charge in [0.15, 0.2) is 0 Å². The molecule has 3 aliphatic rings. The second-order valence-electron chi connectivity index (χ2n) is 11.6. The number of anilines is 1. The standard InChI is InChI=1S/C31H44ClN5O5/c1-5-37(21-6-12-41-13-7-21)27-18-24(42-23-15-22(16-23)36-10-8-35(3)9-11-36)17-25(29(27)32)30(38)33-19-26-28(40-4)14-20(2)34-31(26)39/h14,17-18,21-23H,5-13,15-16,19H2,1-4H3,(H,33,38)(H,34,39)/t22-,23-. The molecule has 2 saturated heterocycles. The smallest absolute Gasteiger partial charge is 0.256 e. The fourth-order valence-electron chi connectivity index (χ4n) is 6.26. The van der Waals surface area contributed by atoms with Gasteiger partial charge in [-0.1, -0.05) is 11.6 Å². The molecule has 0 unspecified atom stereocenters. The van der Waals surface area contributed by atoms with E-state index in [9.17, 15) is 9.59 Å². The number of H-pyrrole nitrogens is 1. The van der Waals surface area contributed by atoms with Gasteiger partial charge in [0, 0.05) is 82.6 Å². The molecular formula is C31H44ClN5O5. The first-order valence-corrected chi connectivity index (χ1v) is 15.5. The Kier molecular flexibility index (Phi) is 9.98. The lowest BCUT2D eigenvalue weighted by atomic mass is 9.87. The van der Waals surface area contributed by atoms with Gasteiger partial charge in [-0.15, -0.1) is 0 Å². The number of benzene rings is 1. The second-order valence-corrected chi connectivity index (χ2v) is 12.0. The van der Waals surface area contributed by atoms with Crippen molar-refractivity contribution >= 4 is 23.2 Å². The molecular weight excluding hydrogens is 558 g/mol. The number of aryl methyl sites for hydroxylation is 1. The first-order valence-electron chi connectivity index (χ1n) is 15.1. The molecule has 1 saturated carbocycles. The van der Waals surface area contributed by atoms with Gasteiger partial charge in [-0.05, 0) is 45.9 Å². The number of methoxy groups -OCH3 is 1. The summed E-state index contributed by atoms with van der Waals surface area (Å²) in [7, 11) is 3.68. The Labute approximate surface area is 253 Å². The summed E-state index contributed by atoms with van der Waals surface area (Å²) >= 11 is 6.99. The zero-order valence-corrected chi connectivity index (χ0v) is 26.0. The van der Waals surface area contributed by atoms with E-state index >= 15 is 0 Å². The highest BCUT2D eigenvalue weighted by molar-refractivity contribution is 6.36. The highest BCUT2D eigenvalue weighted by Crippen LogP contribution is 2.39. The fourth-order valence-corrected chi connectivity index (χ4v) is 6.56. The normalized spacial score (nSPS) is 21.9. The van der Waals surface area contributed by atoms with E-state index in [0.29, 0.717) is 52.6 Å². The first kappa shape index (κ1) is 30.7. The van der Waals surface area contributed by atoms with Gasteiger partial charge in [0.05, 0.1) is 35.5 Å². The molecule has 1 aromatic carbocycles. The van der Waals surface area contributed by atoms with Crippen molar-refractivity contribution in [3.63, 3.8) is 0 Å². The van der Waals surface area contributed by atoms with E-state index in [1.807, 2.05) is 6.07 Å². The number of amides is 1. The molecule has 11 heteroatoms. The summed E-state index contributed by atoms with van der Waals surface area (Å²) in [6.07, 6.45) is 3.81. The number of nitrogens with zero attached hydrogens (tertiary/aromatic N) is 3. The topological polar surface area (TPSA) is 99.4 Å². The van der Waals surface area contributed by atoms with Gasteiger partial charge in [0.2, 0.25) is 0 Å². The zero-order valence-electron chi connectivity index (χ0n) is 25.2. The van der Waals surface area contributed by atoms with Crippen LogP contribution in [0.25, 0.3) is 0 Å². The molecule has 1 aliphatic carbocycles. The number of rotatable bonds is 10. The maximum absolute atomic E-state index is 13.6. The number of likely N-dealkylation sites (N-methyl/N-ethyl adjacent to an activating group) is 1. The Morgan fingerprint density at radius 2 is 1.88 bits per heavy atom. The minimum atomic E-state index is -0.374. The summed E-state index contributed by atoms with van der Waals surface area (Å²) in [5, 5.41) is 3.27. The molecule has 0 radical (unpaired) electrons. The lowest BCUT2D eigenvalue weighted by Crippen LogP contribution is -2.55. The van der Waals surface area contributed by atoms with E-state index in [1.54, 1.807) is 19.1 Å². The summed E-state index contributed by atoms with van der Waals surface area (Å²) in [5.74, 6) is 0.690. The summed E-state index contributed by atoms with van der Waals surface area (Å²) in [6.45, 7) is 10.4. The van der Waals surface area contributed by atoms with E-state index in [0.717, 1.165) is 64.1 Å². The Balaban J connectivity index is 1.37. The van der Waals surface area contributed by atoms with Crippen LogP contribution in [0.5, 0.6) is 11.5 Å². The molecule has 42 heavy (non-hydrogen) atoms. The lowest BCUT2D eigenvalue weighted by molar-refractivity contribution is -0.00195. The van der Waals surface area contributed by atoms with E-state index in [4.69, 9.17) is 25.8 Å². The van der Waals surface area contributed by atoms with Gasteiger partial charge >= 0.3 is 0 Å². The SMILES string of the molecule is CCN(c1cc(O[C@H]2C[C@H](N3CCN(C)CC3)C2)cc(C(=O)NCc2c(OC)cc(C)[nH]c2=O)c1Cl)C1CCOCC1. The van der Waals surface area contributed by atoms with Crippen LogP contribution in [-0.2, 0) is 11.3 Å². The molecule has 0 bridgehead atoms. The Hall–Kier alpha value is -2.79. The van der Waals surface area contributed by atoms with Gasteiger partial charge in [-0.25, -0.2) is 0 Å². The molecule has 0 spiro atoms. The van der Waals surface area contributed by atoms with Crippen molar-refractivity contribution in [2.45, 2.75) is 64.3 Å². The lowest BCUT2D eigenvalue weighted by Gasteiger charge is -2.45. The number of pyridine rings is 1. The second kappa shape index (κ2) is 13.7. The average Bonchev–Trinajstić information content (AvgIpc) is 2.96. The van der Waals surface area contributed by atoms with Gasteiger partial charge < -0.3 is 34.3 Å². The molecule has 10 nitrogen and oxygen atoms in total.